The first-order chi connectivity index (χ1) is 19.9. The number of aliphatic hydroxyl groups is 3. The summed E-state index contributed by atoms with van der Waals surface area (Å²) in [4.78, 5) is 15.4. The molecule has 0 unspecified atom stereocenters. The van der Waals surface area contributed by atoms with E-state index in [1.54, 1.807) is 6.92 Å². The Kier molecular flexibility index (Phi) is 8.96. The second kappa shape index (κ2) is 12.1. The lowest BCUT2D eigenvalue weighted by atomic mass is 9.60. The van der Waals surface area contributed by atoms with E-state index in [9.17, 15) is 20.1 Å². The van der Waals surface area contributed by atoms with Crippen LogP contribution < -0.4 is 0 Å². The van der Waals surface area contributed by atoms with Crippen molar-refractivity contribution in [2.24, 2.45) is 35.0 Å². The van der Waals surface area contributed by atoms with Crippen LogP contribution in [0.2, 0.25) is 0 Å². The zero-order valence-corrected chi connectivity index (χ0v) is 26.4. The molecule has 1 amide bonds. The summed E-state index contributed by atoms with van der Waals surface area (Å²) in [5.41, 5.74) is 3.32. The number of hydrogen-bond donors (Lipinski definition) is 3. The van der Waals surface area contributed by atoms with E-state index in [0.29, 0.717) is 30.7 Å². The Balaban J connectivity index is 1.31. The van der Waals surface area contributed by atoms with Gasteiger partial charge in [-0.05, 0) is 98.2 Å². The smallest absolute Gasteiger partial charge is 0.254 e. The SMILES string of the molecule is C=C1/C(=C\C=C2/CCC[C@]3(C)[C@@H]([C@H](C)C[C@H]4[C@H](C)[C@](C)(O)C(=O)N4CCc4ccccc4)CC[C@@H]23)C[C@@H](O)[C@H](C)[C@@H]1O. The number of carbonyl (C=O) groups excluding carboxylic acids is 1. The van der Waals surface area contributed by atoms with Gasteiger partial charge in [-0.2, -0.15) is 0 Å². The van der Waals surface area contributed by atoms with Crippen molar-refractivity contribution in [3.05, 3.63) is 71.3 Å². The van der Waals surface area contributed by atoms with Crippen LogP contribution in [0.1, 0.15) is 85.1 Å². The van der Waals surface area contributed by atoms with Crippen LogP contribution in [0.4, 0.5) is 0 Å². The first kappa shape index (κ1) is 31.2. The lowest BCUT2D eigenvalue weighted by Gasteiger charge is -2.45. The molecule has 0 aromatic heterocycles. The van der Waals surface area contributed by atoms with Gasteiger partial charge in [0.05, 0.1) is 12.2 Å². The molecular weight excluding hydrogens is 522 g/mol. The van der Waals surface area contributed by atoms with Crippen LogP contribution in [0.15, 0.2) is 65.8 Å². The van der Waals surface area contributed by atoms with Crippen LogP contribution in [0, 0.1) is 35.0 Å². The molecule has 4 fully saturated rings. The van der Waals surface area contributed by atoms with Gasteiger partial charge in [0.2, 0.25) is 0 Å². The van der Waals surface area contributed by atoms with Crippen LogP contribution in [0.5, 0.6) is 0 Å². The molecule has 3 aliphatic carbocycles. The summed E-state index contributed by atoms with van der Waals surface area (Å²) >= 11 is 0. The summed E-state index contributed by atoms with van der Waals surface area (Å²) < 4.78 is 0. The van der Waals surface area contributed by atoms with Crippen molar-refractivity contribution in [1.29, 1.82) is 0 Å². The van der Waals surface area contributed by atoms with E-state index < -0.39 is 17.8 Å². The fourth-order valence-electron chi connectivity index (χ4n) is 9.18. The average Bonchev–Trinajstić information content (AvgIpc) is 3.40. The molecule has 5 rings (SSSR count). The Morgan fingerprint density at radius 3 is 2.55 bits per heavy atom. The number of aliphatic hydroxyl groups excluding tert-OH is 2. The number of amides is 1. The summed E-state index contributed by atoms with van der Waals surface area (Å²) in [6.07, 6.45) is 11.3. The third kappa shape index (κ3) is 5.57. The van der Waals surface area contributed by atoms with E-state index in [-0.39, 0.29) is 29.2 Å². The molecule has 10 atom stereocenters. The van der Waals surface area contributed by atoms with Gasteiger partial charge in [-0.1, -0.05) is 82.3 Å². The van der Waals surface area contributed by atoms with Gasteiger partial charge >= 0.3 is 0 Å². The molecule has 1 aliphatic heterocycles. The number of rotatable bonds is 7. The van der Waals surface area contributed by atoms with E-state index in [1.807, 2.05) is 30.0 Å². The van der Waals surface area contributed by atoms with Gasteiger partial charge in [0.25, 0.3) is 5.91 Å². The number of carbonyl (C=O) groups is 1. The van der Waals surface area contributed by atoms with Crippen LogP contribution in [-0.4, -0.2) is 56.5 Å². The Hall–Kier alpha value is -2.21. The Morgan fingerprint density at radius 1 is 1.12 bits per heavy atom. The molecule has 0 spiro atoms. The first-order valence-corrected chi connectivity index (χ1v) is 16.4. The molecule has 230 valence electrons. The lowest BCUT2D eigenvalue weighted by Crippen LogP contribution is -2.41. The van der Waals surface area contributed by atoms with Crippen LogP contribution in [0.3, 0.4) is 0 Å². The minimum atomic E-state index is -1.32. The van der Waals surface area contributed by atoms with Crippen LogP contribution in [-0.2, 0) is 11.2 Å². The highest BCUT2D eigenvalue weighted by Gasteiger charge is 2.55. The van der Waals surface area contributed by atoms with Gasteiger partial charge in [0, 0.05) is 24.4 Å². The molecule has 5 nitrogen and oxygen atoms in total. The molecule has 0 bridgehead atoms. The Bertz CT molecular complexity index is 1220. The first-order valence-electron chi connectivity index (χ1n) is 16.4. The van der Waals surface area contributed by atoms with Gasteiger partial charge in [0.1, 0.15) is 5.60 Å². The highest BCUT2D eigenvalue weighted by atomic mass is 16.3. The van der Waals surface area contributed by atoms with E-state index in [4.69, 9.17) is 0 Å². The monoisotopic (exact) mass is 575 g/mol. The van der Waals surface area contributed by atoms with E-state index in [2.05, 4.69) is 51.6 Å². The standard InChI is InChI=1S/C37H53NO4/c1-23(21-32-26(4)37(6,42)35(41)38(32)20-18-27-11-8-7-9-12-27)30-16-17-31-28(13-10-19-36(30,31)5)14-15-29-22-33(39)25(3)34(40)24(29)2/h7-9,11-12,14-15,23,25-26,30-34,39-40,42H,2,10,13,16-22H2,1,3-6H3/b28-14+,29-15-/t23-,25+,26+,30-,31+,32+,33-,34-,36-,37+/m1/s1. The van der Waals surface area contributed by atoms with Crippen molar-refractivity contribution in [1.82, 2.24) is 4.90 Å². The van der Waals surface area contributed by atoms with Gasteiger partial charge in [-0.15, -0.1) is 0 Å². The number of allylic oxidation sites excluding steroid dienone is 3. The molecule has 42 heavy (non-hydrogen) atoms. The highest BCUT2D eigenvalue weighted by Crippen LogP contribution is 2.60. The molecule has 1 aromatic carbocycles. The van der Waals surface area contributed by atoms with Gasteiger partial charge < -0.3 is 20.2 Å². The zero-order valence-electron chi connectivity index (χ0n) is 26.4. The number of hydrogen-bond acceptors (Lipinski definition) is 4. The Labute approximate surface area is 253 Å². The third-order valence-corrected chi connectivity index (χ3v) is 12.2. The summed E-state index contributed by atoms with van der Waals surface area (Å²) in [5, 5.41) is 32.2. The molecule has 4 aliphatic rings. The maximum atomic E-state index is 13.4. The minimum Gasteiger partial charge on any atom is -0.392 e. The molecule has 3 N–H and O–H groups in total. The third-order valence-electron chi connectivity index (χ3n) is 12.2. The second-order valence-corrected chi connectivity index (χ2v) is 14.6. The topological polar surface area (TPSA) is 81.0 Å². The van der Waals surface area contributed by atoms with Gasteiger partial charge in [-0.3, -0.25) is 4.79 Å². The van der Waals surface area contributed by atoms with Crippen molar-refractivity contribution in [2.75, 3.05) is 6.54 Å². The van der Waals surface area contributed by atoms with Crippen molar-refractivity contribution in [3.63, 3.8) is 0 Å². The van der Waals surface area contributed by atoms with Crippen LogP contribution in [0.25, 0.3) is 0 Å². The number of nitrogens with zero attached hydrogens (tertiary/aromatic N) is 1. The van der Waals surface area contributed by atoms with Crippen molar-refractivity contribution < 1.29 is 20.1 Å². The van der Waals surface area contributed by atoms with Crippen molar-refractivity contribution in [2.45, 2.75) is 110 Å². The minimum absolute atomic E-state index is 0.0368. The summed E-state index contributed by atoms with van der Waals surface area (Å²) in [5.74, 6) is 1.12. The highest BCUT2D eigenvalue weighted by molar-refractivity contribution is 5.87. The zero-order chi connectivity index (χ0) is 30.4. The van der Waals surface area contributed by atoms with Crippen molar-refractivity contribution in [3.8, 4) is 0 Å². The second-order valence-electron chi connectivity index (χ2n) is 14.6. The number of likely N-dealkylation sites (tertiary alicyclic amines) is 1. The van der Waals surface area contributed by atoms with E-state index in [0.717, 1.165) is 30.4 Å². The lowest BCUT2D eigenvalue weighted by molar-refractivity contribution is -0.143. The molecule has 1 saturated heterocycles. The summed E-state index contributed by atoms with van der Waals surface area (Å²) in [7, 11) is 0. The fourth-order valence-corrected chi connectivity index (χ4v) is 9.18. The average molecular weight is 576 g/mol. The molecule has 3 saturated carbocycles. The molecule has 1 aromatic rings. The van der Waals surface area contributed by atoms with E-state index >= 15 is 0 Å². The van der Waals surface area contributed by atoms with Gasteiger partial charge in [0.15, 0.2) is 0 Å². The Morgan fingerprint density at radius 2 is 1.83 bits per heavy atom. The predicted octanol–water partition coefficient (Wildman–Crippen LogP) is 6.24. The molecular formula is C37H53NO4. The predicted molar refractivity (Wildman–Crippen MR) is 168 cm³/mol. The van der Waals surface area contributed by atoms with Crippen molar-refractivity contribution >= 4 is 5.91 Å². The van der Waals surface area contributed by atoms with E-state index in [1.165, 1.54) is 36.8 Å². The number of fused-ring (bicyclic) bond motifs is 1. The quantitative estimate of drug-likeness (QED) is 0.360. The summed E-state index contributed by atoms with van der Waals surface area (Å²) in [6, 6.07) is 10.4. The normalized spacial score (nSPS) is 41.5. The maximum absolute atomic E-state index is 13.4. The molecule has 1 heterocycles. The molecule has 0 radical (unpaired) electrons. The summed E-state index contributed by atoms with van der Waals surface area (Å²) in [6.45, 7) is 15.3. The van der Waals surface area contributed by atoms with Crippen LogP contribution >= 0.6 is 0 Å². The fraction of sp³-hybridized carbons (Fsp3) is 0.649. The molecule has 5 heteroatoms. The maximum Gasteiger partial charge on any atom is 0.254 e. The number of benzene rings is 1. The largest absolute Gasteiger partial charge is 0.392 e. The van der Waals surface area contributed by atoms with Gasteiger partial charge in [-0.25, -0.2) is 0 Å².